The first kappa shape index (κ1) is 26.4. The van der Waals surface area contributed by atoms with Crippen molar-refractivity contribution in [2.24, 2.45) is 5.41 Å². The van der Waals surface area contributed by atoms with E-state index < -0.39 is 26.8 Å². The molecule has 16 heavy (non-hydrogen) atoms. The van der Waals surface area contributed by atoms with Crippen LogP contribution in [-0.2, 0) is 89.3 Å². The quantitative estimate of drug-likeness (QED) is 0.396. The second-order valence-electron chi connectivity index (χ2n) is 3.74. The molecule has 5 nitrogen and oxygen atoms in total. The smallest absolute Gasteiger partial charge is 0.0815 e. The first-order valence-electron chi connectivity index (χ1n) is 3.45. The van der Waals surface area contributed by atoms with Gasteiger partial charge in [0, 0.05) is 79.2 Å². The van der Waals surface area contributed by atoms with E-state index >= 15 is 0 Å². The van der Waals surface area contributed by atoms with Crippen molar-refractivity contribution in [1.29, 1.82) is 0 Å². The zero-order chi connectivity index (χ0) is 9.57. The van der Waals surface area contributed by atoms with E-state index in [-0.39, 0.29) is 79.2 Å². The Kier molecular flexibility index (Phi) is 14.5. The molecular weight excluding hydrogens is 650 g/mol. The molecule has 0 saturated carbocycles. The number of hydrogen-bond donors (Lipinski definition) is 0. The summed E-state index contributed by atoms with van der Waals surface area (Å²) in [7, 11) is -3.69. The van der Waals surface area contributed by atoms with Crippen molar-refractivity contribution in [3.05, 3.63) is 10.0 Å². The Labute approximate surface area is 148 Å². The van der Waals surface area contributed by atoms with Gasteiger partial charge in [-0.05, 0) is 16.8 Å². The molecule has 1 saturated heterocycles. The number of hydrogen-bond acceptors (Lipinski definition) is 3. The third kappa shape index (κ3) is 6.63. The van der Waals surface area contributed by atoms with E-state index in [0.29, 0.717) is 0 Å². The summed E-state index contributed by atoms with van der Waals surface area (Å²) in [4.78, 5) is 10.6. The van der Waals surface area contributed by atoms with E-state index in [1.807, 2.05) is 0 Å². The maximum absolute atomic E-state index is 11.1. The van der Waals surface area contributed by atoms with Gasteiger partial charge in [-0.15, -0.1) is 0 Å². The molecule has 0 bridgehead atoms. The molecule has 0 N–H and O–H groups in total. The molecule has 1 atom stereocenters. The van der Waals surface area contributed by atoms with Crippen LogP contribution in [0.3, 0.4) is 0 Å². The van der Waals surface area contributed by atoms with E-state index in [4.69, 9.17) is 0 Å². The molecule has 92 valence electrons. The Morgan fingerprint density at radius 1 is 1.12 bits per heavy atom. The summed E-state index contributed by atoms with van der Waals surface area (Å²) in [5, 5.41) is 2.40. The topological polar surface area (TPSA) is 79.4 Å². The summed E-state index contributed by atoms with van der Waals surface area (Å²) in [6, 6.07) is -0.894. The molecule has 0 aromatic rings. The van der Waals surface area contributed by atoms with Gasteiger partial charge in [0.25, 0.3) is 0 Å². The fourth-order valence-corrected chi connectivity index (χ4v) is 2.47. The Morgan fingerprint density at radius 2 is 1.50 bits per heavy atom. The largest absolute Gasteiger partial charge is 0.655 e. The number of amides is 2. The molecule has 10 heteroatoms. The fourth-order valence-electron chi connectivity index (χ4n) is 0.990. The summed E-state index contributed by atoms with van der Waals surface area (Å²) in [6.45, 7) is 5.10. The van der Waals surface area contributed by atoms with Crippen LogP contribution >= 0.6 is 0 Å². The van der Waals surface area contributed by atoms with E-state index in [9.17, 15) is 13.2 Å². The number of carbonyl (C=O) groups is 1. The SMILES string of the molecule is CC(C)(C)C1[N-]C(=O)[N-]S1(=O)=O.[V].[V].[W].[W]. The van der Waals surface area contributed by atoms with Crippen molar-refractivity contribution < 1.29 is 92.5 Å². The van der Waals surface area contributed by atoms with Gasteiger partial charge in [0.05, 0.1) is 10.0 Å². The van der Waals surface area contributed by atoms with Crippen LogP contribution in [0, 0.1) is 5.41 Å². The van der Waals surface area contributed by atoms with Gasteiger partial charge < -0.3 is 14.8 Å². The molecule has 1 unspecified atom stereocenters. The van der Waals surface area contributed by atoms with Crippen LogP contribution in [0.1, 0.15) is 20.8 Å². The first-order chi connectivity index (χ1) is 5.23. The number of carbonyl (C=O) groups excluding carboxylic acids is 1. The number of rotatable bonds is 0. The minimum Gasteiger partial charge on any atom is -0.655 e. The van der Waals surface area contributed by atoms with Crippen molar-refractivity contribution in [3.63, 3.8) is 0 Å². The van der Waals surface area contributed by atoms with Crippen LogP contribution < -0.4 is 0 Å². The average molecular weight is 660 g/mol. The summed E-state index contributed by atoms with van der Waals surface area (Å²) in [5.41, 5.74) is -0.575. The predicted octanol–water partition coefficient (Wildman–Crippen LogP) is 1.56. The molecule has 2 radical (unpaired) electrons. The van der Waals surface area contributed by atoms with Crippen molar-refractivity contribution in [1.82, 2.24) is 0 Å². The molecule has 0 aromatic carbocycles. The van der Waals surface area contributed by atoms with Crippen molar-refractivity contribution >= 4 is 16.1 Å². The first-order valence-corrected chi connectivity index (χ1v) is 4.95. The van der Waals surface area contributed by atoms with Gasteiger partial charge in [-0.2, -0.15) is 0 Å². The van der Waals surface area contributed by atoms with Gasteiger partial charge in [0.1, 0.15) is 0 Å². The molecule has 1 aliphatic rings. The molecule has 1 rings (SSSR count). The average Bonchev–Trinajstić information content (AvgIpc) is 2.02. The zero-order valence-electron chi connectivity index (χ0n) is 8.82. The summed E-state index contributed by atoms with van der Waals surface area (Å²) in [5.74, 6) is 0. The minimum absolute atomic E-state index is 0. The van der Waals surface area contributed by atoms with Gasteiger partial charge in [-0.3, -0.25) is 0 Å². The Morgan fingerprint density at radius 3 is 1.62 bits per heavy atom. The van der Waals surface area contributed by atoms with Crippen LogP contribution in [0.4, 0.5) is 4.79 Å². The van der Waals surface area contributed by atoms with Crippen molar-refractivity contribution in [3.8, 4) is 0 Å². The van der Waals surface area contributed by atoms with Crippen molar-refractivity contribution in [2.75, 3.05) is 0 Å². The van der Waals surface area contributed by atoms with E-state index in [0.717, 1.165) is 0 Å². The van der Waals surface area contributed by atoms with E-state index in [1.165, 1.54) is 0 Å². The molecule has 2 amide bonds. The minimum atomic E-state index is -3.69. The van der Waals surface area contributed by atoms with Gasteiger partial charge in [-0.1, -0.05) is 20.8 Å². The van der Waals surface area contributed by atoms with Crippen LogP contribution in [0.15, 0.2) is 0 Å². The number of urea groups is 1. The predicted molar refractivity (Wildman–Crippen MR) is 44.3 cm³/mol. The van der Waals surface area contributed by atoms with Crippen LogP contribution in [-0.4, -0.2) is 19.8 Å². The summed E-state index contributed by atoms with van der Waals surface area (Å²) < 4.78 is 25.2. The van der Waals surface area contributed by atoms with E-state index in [2.05, 4.69) is 10.0 Å². The maximum atomic E-state index is 11.1. The molecular formula is C6H10N2O3SV2W2-2. The van der Waals surface area contributed by atoms with Gasteiger partial charge in [0.15, 0.2) is 0 Å². The van der Waals surface area contributed by atoms with Crippen LogP contribution in [0.25, 0.3) is 10.0 Å². The molecule has 0 aromatic heterocycles. The van der Waals surface area contributed by atoms with Crippen LogP contribution in [0.2, 0.25) is 0 Å². The standard InChI is InChI=1S/C6H11N2O3S.2V.2W/c1-6(2,3)4-7-5(9)8-12(4,10)11;;;;/h4H,1-3H3,(H-,7,8,9);;;;/q-1;;;;/p-1. The van der Waals surface area contributed by atoms with Gasteiger partial charge in [0.2, 0.25) is 0 Å². The maximum Gasteiger partial charge on any atom is 0.0815 e. The molecule has 0 aliphatic carbocycles. The summed E-state index contributed by atoms with van der Waals surface area (Å²) in [6.07, 6.45) is 0. The van der Waals surface area contributed by atoms with Crippen molar-refractivity contribution in [2.45, 2.75) is 26.1 Å². The Hall–Kier alpha value is 1.77. The molecule has 0 spiro atoms. The number of nitrogens with zero attached hydrogens (tertiary/aromatic N) is 2. The molecule has 1 aliphatic heterocycles. The third-order valence-electron chi connectivity index (χ3n) is 1.46. The monoisotopic (exact) mass is 660 g/mol. The summed E-state index contributed by atoms with van der Waals surface area (Å²) >= 11 is 0. The molecule has 1 fully saturated rings. The fraction of sp³-hybridized carbons (Fsp3) is 0.833. The van der Waals surface area contributed by atoms with Gasteiger partial charge >= 0.3 is 0 Å². The second kappa shape index (κ2) is 8.80. The van der Waals surface area contributed by atoms with Crippen LogP contribution in [0.5, 0.6) is 0 Å². The Balaban J connectivity index is -0.000000180. The van der Waals surface area contributed by atoms with Gasteiger partial charge in [-0.25, -0.2) is 8.42 Å². The molecule has 1 heterocycles. The Bertz CT molecular complexity index is 318. The second-order valence-corrected chi connectivity index (χ2v) is 5.40. The van der Waals surface area contributed by atoms with E-state index in [1.54, 1.807) is 20.8 Å². The number of sulfonamides is 1. The third-order valence-corrected chi connectivity index (χ3v) is 3.24. The zero-order valence-corrected chi connectivity index (χ0v) is 18.3. The normalized spacial score (nSPS) is 20.9.